The number of rotatable bonds is 7. The maximum atomic E-state index is 12.8. The highest BCUT2D eigenvalue weighted by atomic mass is 16.1. The Kier molecular flexibility index (Phi) is 6.42. The minimum Gasteiger partial charge on any atom is -0.369 e. The van der Waals surface area contributed by atoms with Crippen molar-refractivity contribution >= 4 is 5.91 Å². The minimum atomic E-state index is -0.569. The Bertz CT molecular complexity index is 1010. The first-order valence-electron chi connectivity index (χ1n) is 11.0. The highest BCUT2D eigenvalue weighted by molar-refractivity contribution is 5.82. The lowest BCUT2D eigenvalue weighted by atomic mass is 9.73. The zero-order chi connectivity index (χ0) is 21.7. The maximum absolute atomic E-state index is 12.8. The number of hydrogen-bond donors (Lipinski definition) is 1. The van der Waals surface area contributed by atoms with E-state index in [-0.39, 0.29) is 5.91 Å². The Labute approximate surface area is 184 Å². The van der Waals surface area contributed by atoms with Gasteiger partial charge in [0.2, 0.25) is 5.91 Å². The van der Waals surface area contributed by atoms with Crippen LogP contribution in [0.25, 0.3) is 11.1 Å². The van der Waals surface area contributed by atoms with E-state index in [4.69, 9.17) is 5.73 Å². The molecule has 0 bridgehead atoms. The van der Waals surface area contributed by atoms with Gasteiger partial charge in [0.05, 0.1) is 5.41 Å². The molecule has 5 heteroatoms. The Morgan fingerprint density at radius 3 is 2.55 bits per heavy atom. The lowest BCUT2D eigenvalue weighted by Crippen LogP contribution is -2.52. The average molecular weight is 415 g/mol. The summed E-state index contributed by atoms with van der Waals surface area (Å²) in [5.74, 6) is 0.197. The monoisotopic (exact) mass is 414 g/mol. The molecule has 160 valence electrons. The second-order valence-electron chi connectivity index (χ2n) is 8.76. The molecule has 31 heavy (non-hydrogen) atoms. The van der Waals surface area contributed by atoms with Crippen molar-refractivity contribution in [3.63, 3.8) is 0 Å². The SMILES string of the molecule is CC(CN1CCCC(Cc2ccccc2-c2cncnc2)(C(N)=O)C1)c1ccccc1. The van der Waals surface area contributed by atoms with Gasteiger partial charge in [-0.25, -0.2) is 9.97 Å². The number of piperidine rings is 1. The number of amides is 1. The molecule has 0 spiro atoms. The van der Waals surface area contributed by atoms with Gasteiger partial charge in [0, 0.05) is 31.0 Å². The van der Waals surface area contributed by atoms with Crippen molar-refractivity contribution in [2.24, 2.45) is 11.1 Å². The standard InChI is InChI=1S/C26H30N4O/c1-20(21-8-3-2-4-9-21)17-30-13-7-12-26(18-30,25(27)31)14-22-10-5-6-11-24(22)23-15-28-19-29-16-23/h2-6,8-11,15-16,19-20H,7,12-14,17-18H2,1H3,(H2,27,31). The molecule has 4 rings (SSSR count). The van der Waals surface area contributed by atoms with Crippen LogP contribution in [0.2, 0.25) is 0 Å². The van der Waals surface area contributed by atoms with Crippen LogP contribution in [0.1, 0.15) is 36.8 Å². The summed E-state index contributed by atoms with van der Waals surface area (Å²) >= 11 is 0. The van der Waals surface area contributed by atoms with Gasteiger partial charge in [-0.1, -0.05) is 61.5 Å². The number of likely N-dealkylation sites (tertiary alicyclic amines) is 1. The predicted molar refractivity (Wildman–Crippen MR) is 123 cm³/mol. The van der Waals surface area contributed by atoms with Gasteiger partial charge in [0.1, 0.15) is 6.33 Å². The van der Waals surface area contributed by atoms with E-state index in [2.05, 4.69) is 58.2 Å². The molecule has 1 fully saturated rings. The first-order chi connectivity index (χ1) is 15.1. The van der Waals surface area contributed by atoms with Crippen LogP contribution in [0.3, 0.4) is 0 Å². The van der Waals surface area contributed by atoms with E-state index in [0.717, 1.165) is 42.6 Å². The van der Waals surface area contributed by atoms with Crippen LogP contribution < -0.4 is 5.73 Å². The molecular weight excluding hydrogens is 384 g/mol. The van der Waals surface area contributed by atoms with Crippen molar-refractivity contribution in [1.82, 2.24) is 14.9 Å². The van der Waals surface area contributed by atoms with Crippen molar-refractivity contribution in [2.45, 2.75) is 32.1 Å². The number of benzene rings is 2. The quantitative estimate of drug-likeness (QED) is 0.633. The van der Waals surface area contributed by atoms with Gasteiger partial charge in [0.25, 0.3) is 0 Å². The average Bonchev–Trinajstić information content (AvgIpc) is 2.81. The number of primary amides is 1. The fourth-order valence-electron chi connectivity index (χ4n) is 4.85. The van der Waals surface area contributed by atoms with E-state index in [1.165, 1.54) is 11.9 Å². The number of aromatic nitrogens is 2. The van der Waals surface area contributed by atoms with E-state index in [0.29, 0.717) is 18.9 Å². The molecule has 1 aromatic heterocycles. The molecule has 2 aromatic carbocycles. The lowest BCUT2D eigenvalue weighted by Gasteiger charge is -2.42. The van der Waals surface area contributed by atoms with Gasteiger partial charge in [-0.15, -0.1) is 0 Å². The molecule has 2 atom stereocenters. The number of carbonyl (C=O) groups excluding carboxylic acids is 1. The number of carbonyl (C=O) groups is 1. The van der Waals surface area contributed by atoms with Crippen molar-refractivity contribution < 1.29 is 4.79 Å². The zero-order valence-electron chi connectivity index (χ0n) is 18.1. The summed E-state index contributed by atoms with van der Waals surface area (Å²) in [6.07, 6.45) is 7.59. The summed E-state index contributed by atoms with van der Waals surface area (Å²) in [5, 5.41) is 0. The van der Waals surface area contributed by atoms with Crippen molar-refractivity contribution in [2.75, 3.05) is 19.6 Å². The molecule has 1 aliphatic rings. The molecular formula is C26H30N4O. The van der Waals surface area contributed by atoms with Crippen molar-refractivity contribution in [3.8, 4) is 11.1 Å². The molecule has 2 heterocycles. The van der Waals surface area contributed by atoms with Crippen molar-refractivity contribution in [3.05, 3.63) is 84.4 Å². The zero-order valence-corrected chi connectivity index (χ0v) is 18.1. The van der Waals surface area contributed by atoms with Crippen LogP contribution in [0.5, 0.6) is 0 Å². The van der Waals surface area contributed by atoms with E-state index in [1.54, 1.807) is 0 Å². The van der Waals surface area contributed by atoms with Crippen LogP contribution in [0.15, 0.2) is 73.3 Å². The van der Waals surface area contributed by atoms with Gasteiger partial charge in [0.15, 0.2) is 0 Å². The van der Waals surface area contributed by atoms with Gasteiger partial charge < -0.3 is 10.6 Å². The third-order valence-electron chi connectivity index (χ3n) is 6.50. The third-order valence-corrected chi connectivity index (χ3v) is 6.50. The fraction of sp³-hybridized carbons (Fsp3) is 0.346. The van der Waals surface area contributed by atoms with Gasteiger partial charge in [-0.3, -0.25) is 4.79 Å². The van der Waals surface area contributed by atoms with E-state index in [9.17, 15) is 4.79 Å². The molecule has 3 aromatic rings. The number of nitrogens with zero attached hydrogens (tertiary/aromatic N) is 3. The molecule has 0 saturated carbocycles. The molecule has 2 N–H and O–H groups in total. The summed E-state index contributed by atoms with van der Waals surface area (Å²) < 4.78 is 0. The first-order valence-corrected chi connectivity index (χ1v) is 11.0. The first kappa shape index (κ1) is 21.2. The molecule has 1 aliphatic heterocycles. The number of nitrogens with two attached hydrogens (primary N) is 1. The molecule has 0 aliphatic carbocycles. The highest BCUT2D eigenvalue weighted by Crippen LogP contribution is 2.37. The van der Waals surface area contributed by atoms with Crippen LogP contribution in [-0.4, -0.2) is 40.4 Å². The maximum Gasteiger partial charge on any atom is 0.225 e. The van der Waals surface area contributed by atoms with Crippen LogP contribution in [0.4, 0.5) is 0 Å². The Morgan fingerprint density at radius 2 is 1.81 bits per heavy atom. The van der Waals surface area contributed by atoms with E-state index in [1.807, 2.05) is 30.6 Å². The van der Waals surface area contributed by atoms with Gasteiger partial charge in [-0.2, -0.15) is 0 Å². The van der Waals surface area contributed by atoms with Gasteiger partial charge >= 0.3 is 0 Å². The van der Waals surface area contributed by atoms with Crippen LogP contribution in [0, 0.1) is 5.41 Å². The third kappa shape index (κ3) is 4.83. The highest BCUT2D eigenvalue weighted by Gasteiger charge is 2.41. The fourth-order valence-corrected chi connectivity index (χ4v) is 4.85. The van der Waals surface area contributed by atoms with E-state index < -0.39 is 5.41 Å². The normalized spacial score (nSPS) is 20.3. The Morgan fingerprint density at radius 1 is 1.10 bits per heavy atom. The predicted octanol–water partition coefficient (Wildman–Crippen LogP) is 4.06. The molecule has 2 unspecified atom stereocenters. The lowest BCUT2D eigenvalue weighted by molar-refractivity contribution is -0.131. The second-order valence-corrected chi connectivity index (χ2v) is 8.76. The van der Waals surface area contributed by atoms with Gasteiger partial charge in [-0.05, 0) is 48.4 Å². The molecule has 1 amide bonds. The van der Waals surface area contributed by atoms with E-state index >= 15 is 0 Å². The van der Waals surface area contributed by atoms with Crippen LogP contribution >= 0.6 is 0 Å². The smallest absolute Gasteiger partial charge is 0.225 e. The summed E-state index contributed by atoms with van der Waals surface area (Å²) in [4.78, 5) is 23.5. The Hall–Kier alpha value is -3.05. The van der Waals surface area contributed by atoms with Crippen LogP contribution in [-0.2, 0) is 11.2 Å². The summed E-state index contributed by atoms with van der Waals surface area (Å²) in [7, 11) is 0. The molecule has 1 saturated heterocycles. The molecule has 0 radical (unpaired) electrons. The van der Waals surface area contributed by atoms with Crippen molar-refractivity contribution in [1.29, 1.82) is 0 Å². The summed E-state index contributed by atoms with van der Waals surface area (Å²) in [5.41, 5.74) is 9.96. The molecule has 5 nitrogen and oxygen atoms in total. The minimum absolute atomic E-state index is 0.205. The Balaban J connectivity index is 1.57. The summed E-state index contributed by atoms with van der Waals surface area (Å²) in [6.45, 7) is 4.87. The largest absolute Gasteiger partial charge is 0.369 e. The topological polar surface area (TPSA) is 72.1 Å². The number of hydrogen-bond acceptors (Lipinski definition) is 4. The second kappa shape index (κ2) is 9.40. The summed E-state index contributed by atoms with van der Waals surface area (Å²) in [6, 6.07) is 18.8.